The minimum Gasteiger partial charge on any atom is -0.385 e. The third-order valence-corrected chi connectivity index (χ3v) is 3.99. The van der Waals surface area contributed by atoms with Gasteiger partial charge in [0.05, 0.1) is 0 Å². The Morgan fingerprint density at radius 3 is 2.94 bits per heavy atom. The monoisotopic (exact) mass is 267 g/mol. The summed E-state index contributed by atoms with van der Waals surface area (Å²) in [5.74, 6) is 1.10. The zero-order valence-corrected chi connectivity index (χ0v) is 12.6. The SMILES string of the molecule is COCCCNCC(C)SCc1cccc(C)c1. The second-order valence-electron chi connectivity index (χ2n) is 4.66. The van der Waals surface area contributed by atoms with E-state index < -0.39 is 0 Å². The summed E-state index contributed by atoms with van der Waals surface area (Å²) in [6, 6.07) is 8.76. The second kappa shape index (κ2) is 9.42. The van der Waals surface area contributed by atoms with E-state index in [4.69, 9.17) is 4.74 Å². The molecule has 102 valence electrons. The van der Waals surface area contributed by atoms with E-state index in [1.807, 2.05) is 11.8 Å². The summed E-state index contributed by atoms with van der Waals surface area (Å²) in [6.45, 7) is 7.39. The normalized spacial score (nSPS) is 12.6. The Kier molecular flexibility index (Phi) is 8.14. The first-order chi connectivity index (χ1) is 8.72. The van der Waals surface area contributed by atoms with Gasteiger partial charge in [-0.1, -0.05) is 36.8 Å². The number of ether oxygens (including phenoxy) is 1. The van der Waals surface area contributed by atoms with Crippen LogP contribution in [0.1, 0.15) is 24.5 Å². The van der Waals surface area contributed by atoms with E-state index in [2.05, 4.69) is 43.4 Å². The second-order valence-corrected chi connectivity index (χ2v) is 6.09. The molecule has 0 saturated carbocycles. The molecule has 0 fully saturated rings. The molecule has 1 rings (SSSR count). The molecule has 18 heavy (non-hydrogen) atoms. The number of benzene rings is 1. The van der Waals surface area contributed by atoms with Gasteiger partial charge in [-0.05, 0) is 25.5 Å². The van der Waals surface area contributed by atoms with E-state index in [0.29, 0.717) is 5.25 Å². The Bertz CT molecular complexity index is 330. The van der Waals surface area contributed by atoms with Crippen LogP contribution >= 0.6 is 11.8 Å². The van der Waals surface area contributed by atoms with Gasteiger partial charge < -0.3 is 10.1 Å². The molecule has 0 bridgehead atoms. The van der Waals surface area contributed by atoms with E-state index in [1.165, 1.54) is 11.1 Å². The van der Waals surface area contributed by atoms with Gasteiger partial charge in [-0.25, -0.2) is 0 Å². The molecular formula is C15H25NOS. The third-order valence-electron chi connectivity index (χ3n) is 2.75. The predicted octanol–water partition coefficient (Wildman–Crippen LogP) is 3.24. The first-order valence-corrected chi connectivity index (χ1v) is 7.64. The fourth-order valence-electron chi connectivity index (χ4n) is 1.75. The van der Waals surface area contributed by atoms with Crippen LogP contribution in [0.3, 0.4) is 0 Å². The zero-order chi connectivity index (χ0) is 13.2. The molecule has 2 nitrogen and oxygen atoms in total. The fourth-order valence-corrected chi connectivity index (χ4v) is 2.64. The fraction of sp³-hybridized carbons (Fsp3) is 0.600. The van der Waals surface area contributed by atoms with Crippen molar-refractivity contribution >= 4 is 11.8 Å². The standard InChI is InChI=1S/C15H25NOS/c1-13-6-4-7-15(10-13)12-18-14(2)11-16-8-5-9-17-3/h4,6-7,10,14,16H,5,8-9,11-12H2,1-3H3. The summed E-state index contributed by atoms with van der Waals surface area (Å²) >= 11 is 2.01. The lowest BCUT2D eigenvalue weighted by molar-refractivity contribution is 0.194. The lowest BCUT2D eigenvalue weighted by Crippen LogP contribution is -2.24. The zero-order valence-electron chi connectivity index (χ0n) is 11.7. The van der Waals surface area contributed by atoms with Gasteiger partial charge in [-0.3, -0.25) is 0 Å². The average Bonchev–Trinajstić information content (AvgIpc) is 2.36. The van der Waals surface area contributed by atoms with Crippen molar-refractivity contribution in [3.8, 4) is 0 Å². The Balaban J connectivity index is 2.11. The minimum absolute atomic E-state index is 0.646. The van der Waals surface area contributed by atoms with Gasteiger partial charge in [-0.2, -0.15) is 11.8 Å². The molecule has 0 aliphatic rings. The summed E-state index contributed by atoms with van der Waals surface area (Å²) in [5.41, 5.74) is 2.77. The number of methoxy groups -OCH3 is 1. The Morgan fingerprint density at radius 2 is 2.22 bits per heavy atom. The van der Waals surface area contributed by atoms with Crippen LogP contribution < -0.4 is 5.32 Å². The van der Waals surface area contributed by atoms with Crippen molar-refractivity contribution in [2.24, 2.45) is 0 Å². The van der Waals surface area contributed by atoms with E-state index in [9.17, 15) is 0 Å². The van der Waals surface area contributed by atoms with Gasteiger partial charge in [0.1, 0.15) is 0 Å². The molecule has 1 atom stereocenters. The first-order valence-electron chi connectivity index (χ1n) is 6.59. The van der Waals surface area contributed by atoms with Crippen LogP contribution in [0.4, 0.5) is 0 Å². The molecule has 0 aliphatic carbocycles. The maximum Gasteiger partial charge on any atom is 0.0474 e. The van der Waals surface area contributed by atoms with Gasteiger partial charge in [0, 0.05) is 31.3 Å². The van der Waals surface area contributed by atoms with Gasteiger partial charge in [0.2, 0.25) is 0 Å². The van der Waals surface area contributed by atoms with Crippen molar-refractivity contribution in [2.75, 3.05) is 26.8 Å². The number of nitrogens with one attached hydrogen (secondary N) is 1. The number of thioether (sulfide) groups is 1. The molecule has 0 spiro atoms. The number of hydrogen-bond donors (Lipinski definition) is 1. The van der Waals surface area contributed by atoms with Crippen LogP contribution in [0.5, 0.6) is 0 Å². The molecule has 0 aliphatic heterocycles. The Labute approximate surface area is 116 Å². The number of hydrogen-bond acceptors (Lipinski definition) is 3. The van der Waals surface area contributed by atoms with Gasteiger partial charge in [0.25, 0.3) is 0 Å². The quantitative estimate of drug-likeness (QED) is 0.694. The van der Waals surface area contributed by atoms with Crippen molar-refractivity contribution in [2.45, 2.75) is 31.3 Å². The largest absolute Gasteiger partial charge is 0.385 e. The highest BCUT2D eigenvalue weighted by Gasteiger charge is 2.02. The van der Waals surface area contributed by atoms with Crippen LogP contribution in [0.25, 0.3) is 0 Å². The molecule has 0 heterocycles. The molecule has 3 heteroatoms. The van der Waals surface area contributed by atoms with Crippen LogP contribution in [0.2, 0.25) is 0 Å². The molecule has 0 radical (unpaired) electrons. The first kappa shape index (κ1) is 15.5. The van der Waals surface area contributed by atoms with Crippen molar-refractivity contribution in [1.29, 1.82) is 0 Å². The minimum atomic E-state index is 0.646. The van der Waals surface area contributed by atoms with Crippen LogP contribution in [0, 0.1) is 6.92 Å². The molecule has 0 saturated heterocycles. The maximum absolute atomic E-state index is 5.02. The van der Waals surface area contributed by atoms with Gasteiger partial charge in [-0.15, -0.1) is 0 Å². The molecule has 1 aromatic carbocycles. The van der Waals surface area contributed by atoms with Gasteiger partial charge >= 0.3 is 0 Å². The smallest absolute Gasteiger partial charge is 0.0474 e. The Hall–Kier alpha value is -0.510. The average molecular weight is 267 g/mol. The number of rotatable bonds is 9. The van der Waals surface area contributed by atoms with Crippen LogP contribution in [-0.2, 0) is 10.5 Å². The molecular weight excluding hydrogens is 242 g/mol. The molecule has 1 aromatic rings. The summed E-state index contributed by atoms with van der Waals surface area (Å²) in [4.78, 5) is 0. The summed E-state index contributed by atoms with van der Waals surface area (Å²) < 4.78 is 5.02. The molecule has 1 N–H and O–H groups in total. The summed E-state index contributed by atoms with van der Waals surface area (Å²) in [5, 5.41) is 4.11. The van der Waals surface area contributed by atoms with E-state index >= 15 is 0 Å². The highest BCUT2D eigenvalue weighted by molar-refractivity contribution is 7.99. The van der Waals surface area contributed by atoms with E-state index in [0.717, 1.165) is 31.9 Å². The van der Waals surface area contributed by atoms with Gasteiger partial charge in [0.15, 0.2) is 0 Å². The molecule has 0 aromatic heterocycles. The van der Waals surface area contributed by atoms with Crippen molar-refractivity contribution in [1.82, 2.24) is 5.32 Å². The topological polar surface area (TPSA) is 21.3 Å². The number of aryl methyl sites for hydroxylation is 1. The van der Waals surface area contributed by atoms with Crippen molar-refractivity contribution < 1.29 is 4.74 Å². The van der Waals surface area contributed by atoms with E-state index in [-0.39, 0.29) is 0 Å². The molecule has 1 unspecified atom stereocenters. The highest BCUT2D eigenvalue weighted by Crippen LogP contribution is 2.17. The molecule has 0 amide bonds. The summed E-state index contributed by atoms with van der Waals surface area (Å²) in [7, 11) is 1.75. The third kappa shape index (κ3) is 7.04. The lowest BCUT2D eigenvalue weighted by atomic mass is 10.2. The van der Waals surface area contributed by atoms with Crippen LogP contribution in [-0.4, -0.2) is 32.1 Å². The lowest BCUT2D eigenvalue weighted by Gasteiger charge is -2.12. The predicted molar refractivity (Wildman–Crippen MR) is 81.3 cm³/mol. The summed E-state index contributed by atoms with van der Waals surface area (Å²) in [6.07, 6.45) is 1.09. The van der Waals surface area contributed by atoms with Crippen molar-refractivity contribution in [3.05, 3.63) is 35.4 Å². The Morgan fingerprint density at radius 1 is 1.39 bits per heavy atom. The maximum atomic E-state index is 5.02. The van der Waals surface area contributed by atoms with Crippen LogP contribution in [0.15, 0.2) is 24.3 Å². The van der Waals surface area contributed by atoms with E-state index in [1.54, 1.807) is 7.11 Å². The van der Waals surface area contributed by atoms with Crippen molar-refractivity contribution in [3.63, 3.8) is 0 Å². The highest BCUT2D eigenvalue weighted by atomic mass is 32.2.